The van der Waals surface area contributed by atoms with Crippen LogP contribution in [0, 0.1) is 0 Å². The number of carboxylic acid groups (broad SMARTS) is 1. The zero-order valence-corrected chi connectivity index (χ0v) is 6.69. The Bertz CT molecular complexity index is 191. The standard InChI is InChI=1S/C7H12N2O2/c1-6-8(2)3-4-9(6)5-7(10)11/h3-4,6H,5H2,1-2H3,(H,10,11). The minimum absolute atomic E-state index is 0.0714. The van der Waals surface area contributed by atoms with Gasteiger partial charge in [0.2, 0.25) is 0 Å². The molecule has 0 aliphatic carbocycles. The van der Waals surface area contributed by atoms with Crippen LogP contribution in [0.25, 0.3) is 0 Å². The molecule has 0 aromatic carbocycles. The topological polar surface area (TPSA) is 43.8 Å². The lowest BCUT2D eigenvalue weighted by Gasteiger charge is -2.25. The van der Waals surface area contributed by atoms with E-state index >= 15 is 0 Å². The van der Waals surface area contributed by atoms with E-state index in [1.54, 1.807) is 11.1 Å². The summed E-state index contributed by atoms with van der Waals surface area (Å²) in [5, 5.41) is 8.48. The van der Waals surface area contributed by atoms with E-state index in [0.29, 0.717) is 0 Å². The highest BCUT2D eigenvalue weighted by molar-refractivity contribution is 5.69. The Labute approximate surface area is 65.7 Å². The first-order valence-corrected chi connectivity index (χ1v) is 3.49. The molecule has 1 N–H and O–H groups in total. The summed E-state index contributed by atoms with van der Waals surface area (Å²) in [6.45, 7) is 2.03. The SMILES string of the molecule is CC1N(C)C=CN1CC(=O)O. The van der Waals surface area contributed by atoms with Crippen LogP contribution >= 0.6 is 0 Å². The van der Waals surface area contributed by atoms with Crippen molar-refractivity contribution in [3.05, 3.63) is 12.4 Å². The molecule has 1 aliphatic rings. The van der Waals surface area contributed by atoms with Crippen LogP contribution in [-0.4, -0.2) is 40.6 Å². The van der Waals surface area contributed by atoms with Crippen LogP contribution in [0.2, 0.25) is 0 Å². The van der Waals surface area contributed by atoms with Gasteiger partial charge in [-0.25, -0.2) is 0 Å². The average molecular weight is 156 g/mol. The monoisotopic (exact) mass is 156 g/mol. The molecule has 1 rings (SSSR count). The van der Waals surface area contributed by atoms with Crippen LogP contribution in [-0.2, 0) is 4.79 Å². The van der Waals surface area contributed by atoms with Gasteiger partial charge in [0, 0.05) is 19.4 Å². The Morgan fingerprint density at radius 1 is 1.64 bits per heavy atom. The van der Waals surface area contributed by atoms with Crippen LogP contribution < -0.4 is 0 Å². The second kappa shape index (κ2) is 2.82. The van der Waals surface area contributed by atoms with Crippen molar-refractivity contribution in [2.45, 2.75) is 13.1 Å². The predicted molar refractivity (Wildman–Crippen MR) is 40.7 cm³/mol. The zero-order chi connectivity index (χ0) is 8.43. The highest BCUT2D eigenvalue weighted by Gasteiger charge is 2.19. The van der Waals surface area contributed by atoms with Crippen molar-refractivity contribution in [1.82, 2.24) is 9.80 Å². The first-order valence-electron chi connectivity index (χ1n) is 3.49. The Balaban J connectivity index is 2.49. The largest absolute Gasteiger partial charge is 0.480 e. The van der Waals surface area contributed by atoms with Crippen molar-refractivity contribution >= 4 is 5.97 Å². The Morgan fingerprint density at radius 3 is 2.64 bits per heavy atom. The van der Waals surface area contributed by atoms with Gasteiger partial charge in [-0.15, -0.1) is 0 Å². The van der Waals surface area contributed by atoms with E-state index in [-0.39, 0.29) is 12.7 Å². The van der Waals surface area contributed by atoms with Gasteiger partial charge in [-0.05, 0) is 6.92 Å². The number of aliphatic carboxylic acids is 1. The second-order valence-corrected chi connectivity index (χ2v) is 2.66. The summed E-state index contributed by atoms with van der Waals surface area (Å²) in [5.41, 5.74) is 0. The Kier molecular flexibility index (Phi) is 2.03. The minimum Gasteiger partial charge on any atom is -0.480 e. The van der Waals surface area contributed by atoms with E-state index < -0.39 is 5.97 Å². The van der Waals surface area contributed by atoms with Crippen molar-refractivity contribution in [3.8, 4) is 0 Å². The number of nitrogens with zero attached hydrogens (tertiary/aromatic N) is 2. The molecule has 4 heteroatoms. The summed E-state index contributed by atoms with van der Waals surface area (Å²) in [5.74, 6) is -0.795. The van der Waals surface area contributed by atoms with E-state index in [9.17, 15) is 4.79 Å². The molecule has 0 saturated heterocycles. The Hall–Kier alpha value is -1.19. The normalized spacial score (nSPS) is 22.9. The van der Waals surface area contributed by atoms with Crippen LogP contribution in [0.4, 0.5) is 0 Å². The molecule has 11 heavy (non-hydrogen) atoms. The summed E-state index contributed by atoms with van der Waals surface area (Å²) in [6, 6.07) is 0. The fourth-order valence-electron chi connectivity index (χ4n) is 1.01. The number of carbonyl (C=O) groups is 1. The third-order valence-corrected chi connectivity index (χ3v) is 1.88. The Morgan fingerprint density at radius 2 is 2.27 bits per heavy atom. The highest BCUT2D eigenvalue weighted by Crippen LogP contribution is 2.11. The molecule has 0 radical (unpaired) electrons. The van der Waals surface area contributed by atoms with Crippen molar-refractivity contribution < 1.29 is 9.90 Å². The lowest BCUT2D eigenvalue weighted by molar-refractivity contribution is -0.138. The van der Waals surface area contributed by atoms with E-state index in [1.165, 1.54) is 0 Å². The van der Waals surface area contributed by atoms with Crippen molar-refractivity contribution in [3.63, 3.8) is 0 Å². The molecule has 4 nitrogen and oxygen atoms in total. The predicted octanol–water partition coefficient (Wildman–Crippen LogP) is 0.136. The lowest BCUT2D eigenvalue weighted by atomic mass is 10.4. The van der Waals surface area contributed by atoms with Crippen molar-refractivity contribution in [2.24, 2.45) is 0 Å². The molecule has 0 saturated carbocycles. The fraction of sp³-hybridized carbons (Fsp3) is 0.571. The number of carboxylic acids is 1. The third kappa shape index (κ3) is 1.63. The van der Waals surface area contributed by atoms with Crippen LogP contribution in [0.3, 0.4) is 0 Å². The first-order chi connectivity index (χ1) is 5.11. The molecule has 0 aromatic heterocycles. The summed E-state index contributed by atoms with van der Waals surface area (Å²) in [6.07, 6.45) is 3.82. The van der Waals surface area contributed by atoms with E-state index in [2.05, 4.69) is 0 Å². The molecule has 1 heterocycles. The van der Waals surface area contributed by atoms with E-state index in [1.807, 2.05) is 25.1 Å². The van der Waals surface area contributed by atoms with E-state index in [4.69, 9.17) is 5.11 Å². The molecule has 0 aromatic rings. The summed E-state index contributed by atoms with van der Waals surface area (Å²) in [7, 11) is 1.92. The van der Waals surface area contributed by atoms with E-state index in [0.717, 1.165) is 0 Å². The number of hydrogen-bond donors (Lipinski definition) is 1. The van der Waals surface area contributed by atoms with Gasteiger partial charge in [0.25, 0.3) is 0 Å². The van der Waals surface area contributed by atoms with Gasteiger partial charge in [0.1, 0.15) is 6.54 Å². The van der Waals surface area contributed by atoms with Gasteiger partial charge in [-0.2, -0.15) is 0 Å². The number of hydrogen-bond acceptors (Lipinski definition) is 3. The summed E-state index contributed by atoms with van der Waals surface area (Å²) < 4.78 is 0. The zero-order valence-electron chi connectivity index (χ0n) is 6.69. The summed E-state index contributed by atoms with van der Waals surface area (Å²) >= 11 is 0. The molecule has 62 valence electrons. The molecule has 0 bridgehead atoms. The first kappa shape index (κ1) is 7.91. The van der Waals surface area contributed by atoms with Crippen LogP contribution in [0.15, 0.2) is 12.4 Å². The van der Waals surface area contributed by atoms with Gasteiger partial charge < -0.3 is 14.9 Å². The van der Waals surface area contributed by atoms with Gasteiger partial charge in [0.05, 0.1) is 6.17 Å². The maximum atomic E-state index is 10.3. The highest BCUT2D eigenvalue weighted by atomic mass is 16.4. The van der Waals surface area contributed by atoms with Crippen LogP contribution in [0.1, 0.15) is 6.92 Å². The molecule has 1 atom stereocenters. The molecular weight excluding hydrogens is 144 g/mol. The number of rotatable bonds is 2. The van der Waals surface area contributed by atoms with Gasteiger partial charge in [-0.3, -0.25) is 4.79 Å². The molecule has 0 fully saturated rings. The smallest absolute Gasteiger partial charge is 0.323 e. The van der Waals surface area contributed by atoms with Gasteiger partial charge in [-0.1, -0.05) is 0 Å². The van der Waals surface area contributed by atoms with Crippen molar-refractivity contribution in [1.29, 1.82) is 0 Å². The lowest BCUT2D eigenvalue weighted by Crippen LogP contribution is -2.36. The van der Waals surface area contributed by atoms with Gasteiger partial charge in [0.15, 0.2) is 0 Å². The maximum Gasteiger partial charge on any atom is 0.323 e. The average Bonchev–Trinajstić information content (AvgIpc) is 2.18. The quantitative estimate of drug-likeness (QED) is 0.617. The molecule has 1 aliphatic heterocycles. The molecular formula is C7H12N2O2. The molecule has 1 unspecified atom stereocenters. The van der Waals surface area contributed by atoms with Gasteiger partial charge >= 0.3 is 5.97 Å². The van der Waals surface area contributed by atoms with Crippen LogP contribution in [0.5, 0.6) is 0 Å². The maximum absolute atomic E-state index is 10.3. The fourth-order valence-corrected chi connectivity index (χ4v) is 1.01. The summed E-state index contributed by atoms with van der Waals surface area (Å²) in [4.78, 5) is 14.0. The third-order valence-electron chi connectivity index (χ3n) is 1.88. The minimum atomic E-state index is -0.795. The second-order valence-electron chi connectivity index (χ2n) is 2.66. The molecule has 0 spiro atoms. The molecule has 0 amide bonds. The van der Waals surface area contributed by atoms with Crippen molar-refractivity contribution in [2.75, 3.05) is 13.6 Å².